The zero-order chi connectivity index (χ0) is 19.4. The molecule has 0 spiro atoms. The van der Waals surface area contributed by atoms with Crippen molar-refractivity contribution in [3.8, 4) is 11.4 Å². The highest BCUT2D eigenvalue weighted by Crippen LogP contribution is 2.26. The SMILES string of the molecule is Cc1ccccc1-c1nnc(SCC(=O)N(C)[C@@H](C)c2ccccc2)n1C. The van der Waals surface area contributed by atoms with Gasteiger partial charge in [0.05, 0.1) is 11.8 Å². The van der Waals surface area contributed by atoms with Crippen LogP contribution in [0.2, 0.25) is 0 Å². The van der Waals surface area contributed by atoms with Gasteiger partial charge in [0.2, 0.25) is 5.91 Å². The van der Waals surface area contributed by atoms with Crippen LogP contribution in [0, 0.1) is 6.92 Å². The number of aryl methyl sites for hydroxylation is 1. The lowest BCUT2D eigenvalue weighted by Gasteiger charge is -2.25. The number of rotatable bonds is 6. The number of carbonyl (C=O) groups is 1. The summed E-state index contributed by atoms with van der Waals surface area (Å²) in [6.07, 6.45) is 0. The van der Waals surface area contributed by atoms with Gasteiger partial charge in [-0.15, -0.1) is 10.2 Å². The molecule has 6 heteroatoms. The van der Waals surface area contributed by atoms with Crippen LogP contribution >= 0.6 is 11.8 Å². The Labute approximate surface area is 164 Å². The number of amides is 1. The summed E-state index contributed by atoms with van der Waals surface area (Å²) in [4.78, 5) is 14.4. The molecule has 140 valence electrons. The summed E-state index contributed by atoms with van der Waals surface area (Å²) in [5, 5.41) is 9.33. The number of benzene rings is 2. The Kier molecular flexibility index (Phi) is 5.96. The molecule has 0 N–H and O–H groups in total. The Hall–Kier alpha value is -2.60. The highest BCUT2D eigenvalue weighted by Gasteiger charge is 2.19. The van der Waals surface area contributed by atoms with E-state index in [-0.39, 0.29) is 11.9 Å². The second kappa shape index (κ2) is 8.39. The molecule has 1 aromatic heterocycles. The molecule has 1 amide bonds. The normalized spacial score (nSPS) is 12.0. The Morgan fingerprint density at radius 2 is 1.78 bits per heavy atom. The van der Waals surface area contributed by atoms with E-state index in [0.717, 1.165) is 27.7 Å². The summed E-state index contributed by atoms with van der Waals surface area (Å²) in [6.45, 7) is 4.09. The van der Waals surface area contributed by atoms with Gasteiger partial charge in [0.25, 0.3) is 0 Å². The van der Waals surface area contributed by atoms with Crippen molar-refractivity contribution in [2.24, 2.45) is 7.05 Å². The number of aromatic nitrogens is 3. The van der Waals surface area contributed by atoms with Crippen LogP contribution in [0.1, 0.15) is 24.1 Å². The van der Waals surface area contributed by atoms with E-state index in [0.29, 0.717) is 5.75 Å². The third-order valence-electron chi connectivity index (χ3n) is 4.80. The Morgan fingerprint density at radius 3 is 2.48 bits per heavy atom. The second-order valence-electron chi connectivity index (χ2n) is 6.56. The fraction of sp³-hybridized carbons (Fsp3) is 0.286. The fourth-order valence-corrected chi connectivity index (χ4v) is 3.73. The zero-order valence-corrected chi connectivity index (χ0v) is 16.9. The van der Waals surface area contributed by atoms with Crippen LogP contribution in [0.4, 0.5) is 0 Å². The third-order valence-corrected chi connectivity index (χ3v) is 5.81. The van der Waals surface area contributed by atoms with Gasteiger partial charge in [0.1, 0.15) is 0 Å². The maximum absolute atomic E-state index is 12.6. The van der Waals surface area contributed by atoms with E-state index in [1.807, 2.05) is 74.1 Å². The maximum atomic E-state index is 12.6. The van der Waals surface area contributed by atoms with Gasteiger partial charge in [-0.1, -0.05) is 66.4 Å². The van der Waals surface area contributed by atoms with E-state index < -0.39 is 0 Å². The molecule has 0 fully saturated rings. The molecule has 3 aromatic rings. The second-order valence-corrected chi connectivity index (χ2v) is 7.50. The summed E-state index contributed by atoms with van der Waals surface area (Å²) in [7, 11) is 3.78. The van der Waals surface area contributed by atoms with Crippen molar-refractivity contribution in [1.82, 2.24) is 19.7 Å². The fourth-order valence-electron chi connectivity index (χ4n) is 2.90. The molecule has 5 nitrogen and oxygen atoms in total. The van der Waals surface area contributed by atoms with Gasteiger partial charge in [0.15, 0.2) is 11.0 Å². The lowest BCUT2D eigenvalue weighted by atomic mass is 10.1. The smallest absolute Gasteiger partial charge is 0.233 e. The number of nitrogens with zero attached hydrogens (tertiary/aromatic N) is 4. The van der Waals surface area contributed by atoms with Crippen LogP contribution in [0.25, 0.3) is 11.4 Å². The minimum absolute atomic E-state index is 0.0290. The molecule has 0 bridgehead atoms. The Morgan fingerprint density at radius 1 is 1.11 bits per heavy atom. The molecule has 2 aromatic carbocycles. The molecule has 0 aliphatic heterocycles. The number of thioether (sulfide) groups is 1. The van der Waals surface area contributed by atoms with Crippen LogP contribution in [0.3, 0.4) is 0 Å². The molecule has 0 saturated heterocycles. The summed E-state index contributed by atoms with van der Waals surface area (Å²) < 4.78 is 1.95. The predicted octanol–water partition coefficient (Wildman–Crippen LogP) is 4.10. The third kappa shape index (κ3) is 4.22. The lowest BCUT2D eigenvalue weighted by molar-refractivity contribution is -0.128. The molecular formula is C21H24N4OS. The zero-order valence-electron chi connectivity index (χ0n) is 16.1. The first kappa shape index (κ1) is 19.2. The number of hydrogen-bond acceptors (Lipinski definition) is 4. The van der Waals surface area contributed by atoms with E-state index in [2.05, 4.69) is 23.2 Å². The average molecular weight is 381 g/mol. The van der Waals surface area contributed by atoms with Gasteiger partial charge in [-0.3, -0.25) is 4.79 Å². The summed E-state index contributed by atoms with van der Waals surface area (Å²) in [5.74, 6) is 1.21. The van der Waals surface area contributed by atoms with Crippen molar-refractivity contribution in [3.63, 3.8) is 0 Å². The number of hydrogen-bond donors (Lipinski definition) is 0. The van der Waals surface area contributed by atoms with Crippen LogP contribution in [-0.4, -0.2) is 38.4 Å². The molecule has 0 saturated carbocycles. The van der Waals surface area contributed by atoms with Crippen LogP contribution in [0.5, 0.6) is 0 Å². The van der Waals surface area contributed by atoms with Crippen LogP contribution in [0.15, 0.2) is 59.8 Å². The minimum Gasteiger partial charge on any atom is -0.338 e. The standard InChI is InChI=1S/C21H24N4OS/c1-15-10-8-9-13-18(15)20-22-23-21(25(20)4)27-14-19(26)24(3)16(2)17-11-6-5-7-12-17/h5-13,16H,14H2,1-4H3/t16-/m0/s1. The van der Waals surface area contributed by atoms with Crippen LogP contribution in [-0.2, 0) is 11.8 Å². The van der Waals surface area contributed by atoms with Crippen molar-refractivity contribution in [2.75, 3.05) is 12.8 Å². The van der Waals surface area contributed by atoms with Gasteiger partial charge >= 0.3 is 0 Å². The highest BCUT2D eigenvalue weighted by molar-refractivity contribution is 7.99. The molecule has 27 heavy (non-hydrogen) atoms. The molecular weight excluding hydrogens is 356 g/mol. The first-order chi connectivity index (χ1) is 13.0. The predicted molar refractivity (Wildman–Crippen MR) is 110 cm³/mol. The van der Waals surface area contributed by atoms with Crippen molar-refractivity contribution >= 4 is 17.7 Å². The summed E-state index contributed by atoms with van der Waals surface area (Å²) in [5.41, 5.74) is 3.33. The maximum Gasteiger partial charge on any atom is 0.233 e. The van der Waals surface area contributed by atoms with E-state index in [1.54, 1.807) is 4.90 Å². The Balaban J connectivity index is 1.67. The molecule has 1 heterocycles. The summed E-state index contributed by atoms with van der Waals surface area (Å²) >= 11 is 1.42. The van der Waals surface area contributed by atoms with E-state index in [9.17, 15) is 4.79 Å². The van der Waals surface area contributed by atoms with Gasteiger partial charge in [-0.25, -0.2) is 0 Å². The van der Waals surface area contributed by atoms with Crippen molar-refractivity contribution in [3.05, 3.63) is 65.7 Å². The first-order valence-electron chi connectivity index (χ1n) is 8.88. The average Bonchev–Trinajstić information content (AvgIpc) is 3.06. The van der Waals surface area contributed by atoms with Crippen molar-refractivity contribution in [1.29, 1.82) is 0 Å². The topological polar surface area (TPSA) is 51.0 Å². The van der Waals surface area contributed by atoms with Crippen molar-refractivity contribution in [2.45, 2.75) is 25.0 Å². The monoisotopic (exact) mass is 380 g/mol. The van der Waals surface area contributed by atoms with Gasteiger partial charge < -0.3 is 9.47 Å². The molecule has 0 aliphatic rings. The van der Waals surface area contributed by atoms with Crippen molar-refractivity contribution < 1.29 is 4.79 Å². The highest BCUT2D eigenvalue weighted by atomic mass is 32.2. The number of carbonyl (C=O) groups excluding carboxylic acids is 1. The molecule has 1 atom stereocenters. The summed E-state index contributed by atoms with van der Waals surface area (Å²) in [6, 6.07) is 18.2. The first-order valence-corrected chi connectivity index (χ1v) is 9.86. The van der Waals surface area contributed by atoms with E-state index in [1.165, 1.54) is 11.8 Å². The molecule has 0 unspecified atom stereocenters. The largest absolute Gasteiger partial charge is 0.338 e. The van der Waals surface area contributed by atoms with Gasteiger partial charge in [-0.05, 0) is 25.0 Å². The lowest BCUT2D eigenvalue weighted by Crippen LogP contribution is -2.31. The Bertz CT molecular complexity index is 923. The van der Waals surface area contributed by atoms with E-state index in [4.69, 9.17) is 0 Å². The molecule has 3 rings (SSSR count). The quantitative estimate of drug-likeness (QED) is 0.604. The van der Waals surface area contributed by atoms with E-state index >= 15 is 0 Å². The van der Waals surface area contributed by atoms with Crippen LogP contribution < -0.4 is 0 Å². The van der Waals surface area contributed by atoms with Gasteiger partial charge in [0, 0.05) is 19.7 Å². The van der Waals surface area contributed by atoms with Gasteiger partial charge in [-0.2, -0.15) is 0 Å². The molecule has 0 radical (unpaired) electrons. The minimum atomic E-state index is 0.0290. The molecule has 0 aliphatic carbocycles.